The molecule has 2 N–H and O–H groups in total. The smallest absolute Gasteiger partial charge is 0.269 e. The van der Waals surface area contributed by atoms with Crippen molar-refractivity contribution in [1.29, 1.82) is 0 Å². The highest BCUT2D eigenvalue weighted by Gasteiger charge is 2.38. The number of non-ortho nitro benzene ring substituents is 1. The zero-order chi connectivity index (χ0) is 19.2. The molecule has 2 atom stereocenters. The van der Waals surface area contributed by atoms with Crippen molar-refractivity contribution in [3.63, 3.8) is 0 Å². The van der Waals surface area contributed by atoms with E-state index in [4.69, 9.17) is 4.74 Å². The number of benzene rings is 2. The molecule has 1 aliphatic rings. The van der Waals surface area contributed by atoms with Gasteiger partial charge in [-0.2, -0.15) is 0 Å². The van der Waals surface area contributed by atoms with Gasteiger partial charge < -0.3 is 14.9 Å². The number of aliphatic hydroxyl groups is 1. The maximum absolute atomic E-state index is 10.8. The zero-order valence-electron chi connectivity index (χ0n) is 15.1. The molecule has 0 spiro atoms. The van der Waals surface area contributed by atoms with Crippen LogP contribution in [0.1, 0.15) is 40.8 Å². The third-order valence-electron chi connectivity index (χ3n) is 5.13. The standard InChI is InChI=1S/C20H21NO5/c1-11-12(2)18-16(13(3)17(11)22)9-10-20(4,26-18)19(23)14-5-7-15(8-6-14)21(24)25/h5-10,19,22-23H,1-4H3. The Balaban J connectivity index is 2.00. The first-order valence-electron chi connectivity index (χ1n) is 8.29. The lowest BCUT2D eigenvalue weighted by molar-refractivity contribution is -0.384. The van der Waals surface area contributed by atoms with Crippen LogP contribution in [0.3, 0.4) is 0 Å². The van der Waals surface area contributed by atoms with Gasteiger partial charge in [0.25, 0.3) is 5.69 Å². The molecule has 3 rings (SSSR count). The minimum absolute atomic E-state index is 0.0332. The molecule has 1 heterocycles. The summed E-state index contributed by atoms with van der Waals surface area (Å²) in [6.45, 7) is 7.27. The van der Waals surface area contributed by atoms with Gasteiger partial charge >= 0.3 is 0 Å². The fourth-order valence-electron chi connectivity index (χ4n) is 3.22. The van der Waals surface area contributed by atoms with Crippen LogP contribution in [0.25, 0.3) is 6.08 Å². The topological polar surface area (TPSA) is 92.8 Å². The summed E-state index contributed by atoms with van der Waals surface area (Å²) in [7, 11) is 0. The van der Waals surface area contributed by atoms with Crippen LogP contribution in [0.5, 0.6) is 11.5 Å². The second-order valence-corrected chi connectivity index (χ2v) is 6.84. The van der Waals surface area contributed by atoms with Crippen LogP contribution in [-0.4, -0.2) is 20.7 Å². The molecule has 6 heteroatoms. The Bertz CT molecular complexity index is 917. The molecule has 6 nitrogen and oxygen atoms in total. The Kier molecular flexibility index (Phi) is 4.24. The van der Waals surface area contributed by atoms with Gasteiger partial charge in [0.2, 0.25) is 0 Å². The van der Waals surface area contributed by atoms with E-state index in [0.717, 1.165) is 22.3 Å². The number of nitrogens with zero attached hydrogens (tertiary/aromatic N) is 1. The van der Waals surface area contributed by atoms with Crippen molar-refractivity contribution in [1.82, 2.24) is 0 Å². The van der Waals surface area contributed by atoms with Gasteiger partial charge in [-0.25, -0.2) is 0 Å². The maximum Gasteiger partial charge on any atom is 0.269 e. The molecule has 0 aliphatic carbocycles. The average molecular weight is 355 g/mol. The normalized spacial score (nSPS) is 19.6. The molecule has 1 aliphatic heterocycles. The molecule has 0 radical (unpaired) electrons. The number of hydrogen-bond acceptors (Lipinski definition) is 5. The molecular weight excluding hydrogens is 334 g/mol. The van der Waals surface area contributed by atoms with E-state index < -0.39 is 16.6 Å². The Hall–Kier alpha value is -2.86. The summed E-state index contributed by atoms with van der Waals surface area (Å²) in [6, 6.07) is 5.78. The first kappa shape index (κ1) is 17.9. The van der Waals surface area contributed by atoms with Crippen molar-refractivity contribution in [3.05, 3.63) is 68.3 Å². The Morgan fingerprint density at radius 1 is 1.12 bits per heavy atom. The second kappa shape index (κ2) is 6.14. The summed E-state index contributed by atoms with van der Waals surface area (Å²) in [5.74, 6) is 0.873. The molecule has 0 aromatic heterocycles. The van der Waals surface area contributed by atoms with E-state index in [1.807, 2.05) is 26.8 Å². The highest BCUT2D eigenvalue weighted by molar-refractivity contribution is 5.71. The fraction of sp³-hybridized carbons (Fsp3) is 0.300. The van der Waals surface area contributed by atoms with Gasteiger partial charge in [0.15, 0.2) is 5.60 Å². The van der Waals surface area contributed by atoms with E-state index in [1.54, 1.807) is 13.0 Å². The van der Waals surface area contributed by atoms with E-state index in [-0.39, 0.29) is 11.4 Å². The lowest BCUT2D eigenvalue weighted by Crippen LogP contribution is -2.39. The number of fused-ring (bicyclic) bond motifs is 1. The molecule has 0 amide bonds. The predicted octanol–water partition coefficient (Wildman–Crippen LogP) is 4.12. The lowest BCUT2D eigenvalue weighted by atomic mass is 9.87. The molecule has 136 valence electrons. The molecule has 0 saturated carbocycles. The minimum atomic E-state index is -1.04. The molecular formula is C20H21NO5. The fourth-order valence-corrected chi connectivity index (χ4v) is 3.22. The van der Waals surface area contributed by atoms with Gasteiger partial charge in [0.05, 0.1) is 4.92 Å². The number of aromatic hydroxyl groups is 1. The minimum Gasteiger partial charge on any atom is -0.507 e. The number of rotatable bonds is 3. The van der Waals surface area contributed by atoms with E-state index in [1.165, 1.54) is 24.3 Å². The molecule has 2 aromatic carbocycles. The van der Waals surface area contributed by atoms with Crippen LogP contribution in [0, 0.1) is 30.9 Å². The first-order valence-corrected chi connectivity index (χ1v) is 8.29. The number of nitro benzene ring substituents is 1. The van der Waals surface area contributed by atoms with Crippen molar-refractivity contribution < 1.29 is 19.9 Å². The number of hydrogen-bond donors (Lipinski definition) is 2. The largest absolute Gasteiger partial charge is 0.507 e. The van der Waals surface area contributed by atoms with Crippen LogP contribution in [-0.2, 0) is 0 Å². The van der Waals surface area contributed by atoms with Gasteiger partial charge in [-0.15, -0.1) is 0 Å². The molecule has 26 heavy (non-hydrogen) atoms. The molecule has 0 fully saturated rings. The molecule has 0 bridgehead atoms. The zero-order valence-corrected chi connectivity index (χ0v) is 15.1. The molecule has 0 saturated heterocycles. The van der Waals surface area contributed by atoms with E-state index in [2.05, 4.69) is 0 Å². The summed E-state index contributed by atoms with van der Waals surface area (Å²) < 4.78 is 6.18. The number of ether oxygens (including phenoxy) is 1. The average Bonchev–Trinajstić information content (AvgIpc) is 2.64. The Morgan fingerprint density at radius 3 is 2.31 bits per heavy atom. The lowest BCUT2D eigenvalue weighted by Gasteiger charge is -2.37. The van der Waals surface area contributed by atoms with Crippen molar-refractivity contribution in [2.24, 2.45) is 0 Å². The molecule has 2 unspecified atom stereocenters. The van der Waals surface area contributed by atoms with Crippen LogP contribution in [0.15, 0.2) is 30.3 Å². The van der Waals surface area contributed by atoms with Crippen LogP contribution in [0.4, 0.5) is 5.69 Å². The van der Waals surface area contributed by atoms with Gasteiger partial charge in [0.1, 0.15) is 17.6 Å². The van der Waals surface area contributed by atoms with Gasteiger partial charge in [0, 0.05) is 23.3 Å². The monoisotopic (exact) mass is 355 g/mol. The van der Waals surface area contributed by atoms with E-state index >= 15 is 0 Å². The summed E-state index contributed by atoms with van der Waals surface area (Å²) in [6.07, 6.45) is 2.58. The summed E-state index contributed by atoms with van der Waals surface area (Å²) in [5.41, 5.74) is 2.53. The highest BCUT2D eigenvalue weighted by atomic mass is 16.6. The number of phenols is 1. The Labute approximate surface area is 151 Å². The van der Waals surface area contributed by atoms with Gasteiger partial charge in [-0.3, -0.25) is 10.1 Å². The first-order chi connectivity index (χ1) is 12.2. The quantitative estimate of drug-likeness (QED) is 0.638. The highest BCUT2D eigenvalue weighted by Crippen LogP contribution is 2.45. The number of aliphatic hydroxyl groups excluding tert-OH is 1. The summed E-state index contributed by atoms with van der Waals surface area (Å²) >= 11 is 0. The third kappa shape index (κ3) is 2.72. The van der Waals surface area contributed by atoms with E-state index in [9.17, 15) is 20.3 Å². The van der Waals surface area contributed by atoms with Crippen molar-refractivity contribution in [3.8, 4) is 11.5 Å². The number of phenolic OH excluding ortho intramolecular Hbond substituents is 1. The van der Waals surface area contributed by atoms with Crippen LogP contribution >= 0.6 is 0 Å². The number of nitro groups is 1. The van der Waals surface area contributed by atoms with Crippen molar-refractivity contribution in [2.45, 2.75) is 39.4 Å². The second-order valence-electron chi connectivity index (χ2n) is 6.84. The van der Waals surface area contributed by atoms with Crippen LogP contribution < -0.4 is 4.74 Å². The van der Waals surface area contributed by atoms with Crippen molar-refractivity contribution >= 4 is 11.8 Å². The summed E-state index contributed by atoms with van der Waals surface area (Å²) in [4.78, 5) is 10.3. The van der Waals surface area contributed by atoms with E-state index in [0.29, 0.717) is 11.3 Å². The van der Waals surface area contributed by atoms with Gasteiger partial charge in [-0.1, -0.05) is 6.08 Å². The predicted molar refractivity (Wildman–Crippen MR) is 98.4 cm³/mol. The third-order valence-corrected chi connectivity index (χ3v) is 5.13. The van der Waals surface area contributed by atoms with Crippen LogP contribution in [0.2, 0.25) is 0 Å². The molecule has 2 aromatic rings. The maximum atomic E-state index is 10.8. The van der Waals surface area contributed by atoms with Crippen molar-refractivity contribution in [2.75, 3.05) is 0 Å². The Morgan fingerprint density at radius 2 is 1.73 bits per heavy atom. The summed E-state index contributed by atoms with van der Waals surface area (Å²) in [5, 5.41) is 31.9. The van der Waals surface area contributed by atoms with Gasteiger partial charge in [-0.05, 0) is 62.6 Å². The SMILES string of the molecule is Cc1c(C)c2c(c(C)c1O)C=CC(C)(C(O)c1ccc([N+](=O)[O-])cc1)O2.